The minimum absolute atomic E-state index is 0.0802. The number of nitrogens with two attached hydrogens (primary N) is 1. The van der Waals surface area contributed by atoms with Crippen LogP contribution in [-0.4, -0.2) is 29.9 Å². The summed E-state index contributed by atoms with van der Waals surface area (Å²) in [7, 11) is 0. The summed E-state index contributed by atoms with van der Waals surface area (Å²) in [5.41, 5.74) is 5.61. The number of halogens is 4. The van der Waals surface area contributed by atoms with E-state index in [1.165, 1.54) is 11.3 Å². The lowest BCUT2D eigenvalue weighted by molar-refractivity contribution is -0.137. The van der Waals surface area contributed by atoms with Crippen LogP contribution in [0.1, 0.15) is 39.2 Å². The summed E-state index contributed by atoms with van der Waals surface area (Å²) in [5, 5.41) is 3.17. The van der Waals surface area contributed by atoms with E-state index in [2.05, 4.69) is 10.3 Å². The van der Waals surface area contributed by atoms with Crippen LogP contribution in [0.15, 0.2) is 12.3 Å². The summed E-state index contributed by atoms with van der Waals surface area (Å²) in [6.45, 7) is 4.46. The second kappa shape index (κ2) is 8.43. The predicted molar refractivity (Wildman–Crippen MR) is 110 cm³/mol. The molecule has 3 N–H and O–H groups in total. The van der Waals surface area contributed by atoms with Crippen LogP contribution in [0, 0.1) is 19.8 Å². The van der Waals surface area contributed by atoms with E-state index in [0.29, 0.717) is 36.5 Å². The predicted octanol–water partition coefficient (Wildman–Crippen LogP) is 4.39. The molecule has 0 saturated carbocycles. The highest BCUT2D eigenvalue weighted by molar-refractivity contribution is 7.16. The molecule has 0 atom stereocenters. The summed E-state index contributed by atoms with van der Waals surface area (Å²) in [4.78, 5) is 30.9. The third-order valence-corrected chi connectivity index (χ3v) is 6.58. The lowest BCUT2D eigenvalue weighted by Crippen LogP contribution is -2.38. The Hall–Kier alpha value is -2.33. The van der Waals surface area contributed by atoms with Gasteiger partial charge in [-0.1, -0.05) is 11.6 Å². The van der Waals surface area contributed by atoms with Crippen LogP contribution in [0.3, 0.4) is 0 Å². The summed E-state index contributed by atoms with van der Waals surface area (Å²) in [5.74, 6) is -0.850. The summed E-state index contributed by atoms with van der Waals surface area (Å²) >= 11 is 7.32. The highest BCUT2D eigenvalue weighted by Gasteiger charge is 2.33. The molecule has 1 aliphatic heterocycles. The van der Waals surface area contributed by atoms with Gasteiger partial charge in [0.2, 0.25) is 5.91 Å². The molecule has 0 bridgehead atoms. The molecular formula is C19H20ClF3N4O2S. The number of carbonyl (C=O) groups is 2. The van der Waals surface area contributed by atoms with Gasteiger partial charge in [-0.2, -0.15) is 13.2 Å². The Kier molecular flexibility index (Phi) is 6.28. The molecular weight excluding hydrogens is 441 g/mol. The van der Waals surface area contributed by atoms with Crippen molar-refractivity contribution in [1.82, 2.24) is 4.98 Å². The van der Waals surface area contributed by atoms with E-state index in [0.717, 1.165) is 22.7 Å². The normalized spacial score (nSPS) is 15.3. The zero-order valence-corrected chi connectivity index (χ0v) is 17.8. The summed E-state index contributed by atoms with van der Waals surface area (Å²) in [6.07, 6.45) is -2.81. The van der Waals surface area contributed by atoms with Crippen molar-refractivity contribution in [3.05, 3.63) is 38.9 Å². The van der Waals surface area contributed by atoms with E-state index in [-0.39, 0.29) is 22.7 Å². The number of piperidine rings is 1. The van der Waals surface area contributed by atoms with Gasteiger partial charge in [0.15, 0.2) is 0 Å². The number of rotatable bonds is 4. The van der Waals surface area contributed by atoms with E-state index >= 15 is 0 Å². The van der Waals surface area contributed by atoms with Gasteiger partial charge >= 0.3 is 6.18 Å². The highest BCUT2D eigenvalue weighted by Crippen LogP contribution is 2.36. The number of aryl methyl sites for hydroxylation is 1. The maximum atomic E-state index is 12.8. The van der Waals surface area contributed by atoms with Gasteiger partial charge in [0.05, 0.1) is 16.1 Å². The van der Waals surface area contributed by atoms with Crippen molar-refractivity contribution in [2.45, 2.75) is 32.9 Å². The molecule has 30 heavy (non-hydrogen) atoms. The average Bonchev–Trinajstić information content (AvgIpc) is 2.94. The van der Waals surface area contributed by atoms with E-state index in [9.17, 15) is 22.8 Å². The fourth-order valence-corrected chi connectivity index (χ4v) is 4.75. The number of thiophene rings is 1. The van der Waals surface area contributed by atoms with Crippen LogP contribution in [0.25, 0.3) is 0 Å². The molecule has 0 radical (unpaired) electrons. The number of hydrogen-bond donors (Lipinski definition) is 2. The van der Waals surface area contributed by atoms with Crippen molar-refractivity contribution >= 4 is 45.6 Å². The third kappa shape index (κ3) is 4.54. The Morgan fingerprint density at radius 3 is 2.47 bits per heavy atom. The topological polar surface area (TPSA) is 88.3 Å². The summed E-state index contributed by atoms with van der Waals surface area (Å²) in [6, 6.07) is 0.857. The number of alkyl halides is 3. The number of carbonyl (C=O) groups excluding carboxylic acids is 2. The molecule has 1 fully saturated rings. The molecule has 0 unspecified atom stereocenters. The molecule has 0 spiro atoms. The van der Waals surface area contributed by atoms with Gasteiger partial charge in [-0.3, -0.25) is 9.59 Å². The van der Waals surface area contributed by atoms with Crippen molar-refractivity contribution in [3.63, 3.8) is 0 Å². The third-order valence-electron chi connectivity index (χ3n) is 5.18. The number of amides is 2. The zero-order chi connectivity index (χ0) is 22.2. The first-order valence-corrected chi connectivity index (χ1v) is 10.4. The smallest absolute Gasteiger partial charge is 0.365 e. The number of primary amides is 1. The molecule has 2 aromatic rings. The Balaban J connectivity index is 1.66. The molecule has 2 aromatic heterocycles. The Morgan fingerprint density at radius 2 is 1.93 bits per heavy atom. The van der Waals surface area contributed by atoms with E-state index in [1.54, 1.807) is 11.8 Å². The molecule has 2 amide bonds. The van der Waals surface area contributed by atoms with Gasteiger partial charge in [0.25, 0.3) is 5.91 Å². The number of nitrogens with one attached hydrogen (secondary N) is 1. The van der Waals surface area contributed by atoms with Crippen LogP contribution in [0.5, 0.6) is 0 Å². The average molecular weight is 461 g/mol. The first-order chi connectivity index (χ1) is 14.0. The number of aromatic nitrogens is 1. The Morgan fingerprint density at radius 1 is 1.30 bits per heavy atom. The maximum Gasteiger partial charge on any atom is 0.417 e. The number of nitrogens with zero attached hydrogens (tertiary/aromatic N) is 2. The second-order valence-electron chi connectivity index (χ2n) is 7.13. The standard InChI is InChI=1S/C19H20ClF3N4O2S/c1-9-10(2)30-18(14(9)15(24)28)26-17(29)11-3-5-27(6-4-11)16-13(20)7-12(8-25-16)19(21,22)23/h7-8,11H,3-6H2,1-2H3,(H2,24,28)(H,26,29). The fourth-order valence-electron chi connectivity index (χ4n) is 3.40. The minimum atomic E-state index is -4.51. The van der Waals surface area contributed by atoms with Gasteiger partial charge < -0.3 is 16.0 Å². The van der Waals surface area contributed by atoms with Crippen LogP contribution >= 0.6 is 22.9 Å². The molecule has 0 aromatic carbocycles. The fraction of sp³-hybridized carbons (Fsp3) is 0.421. The number of pyridine rings is 1. The first-order valence-electron chi connectivity index (χ1n) is 9.17. The maximum absolute atomic E-state index is 12.8. The van der Waals surface area contributed by atoms with Crippen molar-refractivity contribution in [3.8, 4) is 0 Å². The molecule has 1 aliphatic rings. The monoisotopic (exact) mass is 460 g/mol. The molecule has 3 heterocycles. The molecule has 1 saturated heterocycles. The second-order valence-corrected chi connectivity index (χ2v) is 8.76. The lowest BCUT2D eigenvalue weighted by Gasteiger charge is -2.32. The van der Waals surface area contributed by atoms with Gasteiger partial charge in [-0.15, -0.1) is 11.3 Å². The lowest BCUT2D eigenvalue weighted by atomic mass is 9.96. The van der Waals surface area contributed by atoms with Crippen LogP contribution < -0.4 is 16.0 Å². The number of anilines is 2. The first kappa shape index (κ1) is 22.4. The molecule has 0 aliphatic carbocycles. The quantitative estimate of drug-likeness (QED) is 0.708. The molecule has 11 heteroatoms. The minimum Gasteiger partial charge on any atom is -0.365 e. The van der Waals surface area contributed by atoms with E-state index < -0.39 is 17.6 Å². The van der Waals surface area contributed by atoms with Gasteiger partial charge in [-0.05, 0) is 38.3 Å². The molecule has 3 rings (SSSR count). The number of hydrogen-bond acceptors (Lipinski definition) is 5. The van der Waals surface area contributed by atoms with Crippen molar-refractivity contribution in [1.29, 1.82) is 0 Å². The van der Waals surface area contributed by atoms with Crippen molar-refractivity contribution in [2.75, 3.05) is 23.3 Å². The van der Waals surface area contributed by atoms with E-state index in [4.69, 9.17) is 17.3 Å². The van der Waals surface area contributed by atoms with Crippen LogP contribution in [0.4, 0.5) is 24.0 Å². The Labute approximate surface area is 180 Å². The van der Waals surface area contributed by atoms with E-state index in [1.807, 2.05) is 6.92 Å². The zero-order valence-electron chi connectivity index (χ0n) is 16.3. The highest BCUT2D eigenvalue weighted by atomic mass is 35.5. The van der Waals surface area contributed by atoms with Gasteiger partial charge in [0.1, 0.15) is 10.8 Å². The molecule has 162 valence electrons. The van der Waals surface area contributed by atoms with Gasteiger partial charge in [-0.25, -0.2) is 4.98 Å². The molecule has 6 nitrogen and oxygen atoms in total. The summed E-state index contributed by atoms with van der Waals surface area (Å²) < 4.78 is 38.3. The van der Waals surface area contributed by atoms with Crippen molar-refractivity contribution < 1.29 is 22.8 Å². The van der Waals surface area contributed by atoms with Crippen LogP contribution in [0.2, 0.25) is 5.02 Å². The van der Waals surface area contributed by atoms with Gasteiger partial charge in [0, 0.05) is 30.1 Å². The SMILES string of the molecule is Cc1sc(NC(=O)C2CCN(c3ncc(C(F)(F)F)cc3Cl)CC2)c(C(N)=O)c1C. The largest absolute Gasteiger partial charge is 0.417 e. The van der Waals surface area contributed by atoms with Crippen LogP contribution in [-0.2, 0) is 11.0 Å². The Bertz CT molecular complexity index is 985. The van der Waals surface area contributed by atoms with Crippen molar-refractivity contribution in [2.24, 2.45) is 11.7 Å².